The Hall–Kier alpha value is -3.15. The summed E-state index contributed by atoms with van der Waals surface area (Å²) in [7, 11) is -0.774. The first-order chi connectivity index (χ1) is 19.2. The number of amides is 2. The number of aromatic nitrogens is 2. The molecule has 2 unspecified atom stereocenters. The van der Waals surface area contributed by atoms with Gasteiger partial charge < -0.3 is 24.9 Å². The predicted octanol–water partition coefficient (Wildman–Crippen LogP) is 2.07. The second-order valence-corrected chi connectivity index (χ2v) is 13.1. The molecule has 0 radical (unpaired) electrons. The summed E-state index contributed by atoms with van der Waals surface area (Å²) in [6.45, 7) is 1.52. The number of carbonyl (C=O) groups is 3. The maximum absolute atomic E-state index is 14.4. The lowest BCUT2D eigenvalue weighted by molar-refractivity contribution is -0.140. The summed E-state index contributed by atoms with van der Waals surface area (Å²) < 4.78 is 27.5. The number of piperidine rings is 1. The molecule has 3 aromatic rings. The minimum absolute atomic E-state index is 0.0566. The van der Waals surface area contributed by atoms with Crippen molar-refractivity contribution in [1.82, 2.24) is 24.9 Å². The van der Waals surface area contributed by atoms with Gasteiger partial charge in [-0.1, -0.05) is 23.7 Å². The monoisotopic (exact) mass is 605 g/mol. The van der Waals surface area contributed by atoms with Gasteiger partial charge in [-0.15, -0.1) is 0 Å². The van der Waals surface area contributed by atoms with E-state index in [0.717, 1.165) is 0 Å². The van der Waals surface area contributed by atoms with E-state index in [2.05, 4.69) is 10.4 Å². The number of halogens is 2. The first kappa shape index (κ1) is 29.3. The summed E-state index contributed by atoms with van der Waals surface area (Å²) >= 11 is 5.87. The lowest BCUT2D eigenvalue weighted by Gasteiger charge is -2.27. The van der Waals surface area contributed by atoms with Gasteiger partial charge in [0, 0.05) is 42.4 Å². The summed E-state index contributed by atoms with van der Waals surface area (Å²) in [5.41, 5.74) is 0.233. The molecule has 1 saturated heterocycles. The number of likely N-dealkylation sites (tertiary alicyclic amines) is 1. The summed E-state index contributed by atoms with van der Waals surface area (Å²) in [6, 6.07) is 7.36. The fraction of sp³-hybridized carbons (Fsp3) is 0.407. The predicted molar refractivity (Wildman–Crippen MR) is 149 cm³/mol. The molecule has 3 atom stereocenters. The highest BCUT2D eigenvalue weighted by Gasteiger charge is 2.67. The van der Waals surface area contributed by atoms with Crippen LogP contribution in [0.5, 0.6) is 0 Å². The molecule has 1 saturated carbocycles. The van der Waals surface area contributed by atoms with Crippen LogP contribution in [0.15, 0.2) is 36.4 Å². The molecule has 2 fully saturated rings. The van der Waals surface area contributed by atoms with E-state index in [1.807, 2.05) is 19.0 Å². The highest BCUT2D eigenvalue weighted by Crippen LogP contribution is 2.59. The smallest absolute Gasteiger partial charge is 0.350 e. The minimum atomic E-state index is -4.61. The van der Waals surface area contributed by atoms with Gasteiger partial charge >= 0.3 is 7.60 Å². The van der Waals surface area contributed by atoms with Crippen LogP contribution >= 0.6 is 19.2 Å². The number of hydrogen-bond acceptors (Lipinski definition) is 6. The Morgan fingerprint density at radius 3 is 2.61 bits per heavy atom. The number of Topliss-reactive ketones (excluding diaryl/α,β-unsaturated/α-hetero) is 1. The van der Waals surface area contributed by atoms with Crippen molar-refractivity contribution in [2.75, 3.05) is 20.6 Å². The quantitative estimate of drug-likeness (QED) is 0.248. The Morgan fingerprint density at radius 1 is 1.22 bits per heavy atom. The number of hydrogen-bond donors (Lipinski definition) is 3. The molecule has 5 rings (SSSR count). The molecule has 2 heterocycles. The maximum atomic E-state index is 14.4. The molecule has 2 aromatic carbocycles. The summed E-state index contributed by atoms with van der Waals surface area (Å²) in [4.78, 5) is 62.4. The molecule has 1 aliphatic heterocycles. The lowest BCUT2D eigenvalue weighted by atomic mass is 9.98. The van der Waals surface area contributed by atoms with E-state index >= 15 is 0 Å². The first-order valence-electron chi connectivity index (χ1n) is 13.0. The van der Waals surface area contributed by atoms with Gasteiger partial charge in [0.25, 0.3) is 0 Å². The fourth-order valence-corrected chi connectivity index (χ4v) is 6.74. The third-order valence-corrected chi connectivity index (χ3v) is 9.06. The van der Waals surface area contributed by atoms with Gasteiger partial charge in [0.05, 0.1) is 15.8 Å². The van der Waals surface area contributed by atoms with E-state index in [1.165, 1.54) is 41.9 Å². The summed E-state index contributed by atoms with van der Waals surface area (Å²) in [6.07, 6.45) is 1.14. The Morgan fingerprint density at radius 2 is 1.95 bits per heavy atom. The fourth-order valence-electron chi connectivity index (χ4n) is 5.99. The van der Waals surface area contributed by atoms with Gasteiger partial charge in [0.15, 0.2) is 5.78 Å². The van der Waals surface area contributed by atoms with Gasteiger partial charge in [-0.2, -0.15) is 5.10 Å². The molecule has 0 spiro atoms. The number of carbonyl (C=O) groups excluding carboxylic acids is 3. The molecule has 3 N–H and O–H groups in total. The van der Waals surface area contributed by atoms with Crippen molar-refractivity contribution < 1.29 is 33.1 Å². The van der Waals surface area contributed by atoms with Gasteiger partial charge in [-0.25, -0.2) is 4.39 Å². The normalized spacial score (nSPS) is 21.8. The average molecular weight is 606 g/mol. The molecule has 1 aromatic heterocycles. The zero-order valence-electron chi connectivity index (χ0n) is 22.7. The SMILES string of the molecule is CC(=O)c1nn(CC(=O)N2C3CC3(CN(C)C)C[C@H]2C(=O)NCc2cccc(Cl)c2F)c2cc(P(=O)(O)O)ccc12. The van der Waals surface area contributed by atoms with E-state index in [1.54, 1.807) is 11.0 Å². The average Bonchev–Trinajstić information content (AvgIpc) is 3.28. The zero-order chi connectivity index (χ0) is 29.9. The highest BCUT2D eigenvalue weighted by atomic mass is 35.5. The van der Waals surface area contributed by atoms with Crippen LogP contribution in [0.1, 0.15) is 35.8 Å². The zero-order valence-corrected chi connectivity index (χ0v) is 24.3. The Bertz CT molecular complexity index is 1620. The van der Waals surface area contributed by atoms with E-state index in [9.17, 15) is 33.1 Å². The van der Waals surface area contributed by atoms with E-state index in [-0.39, 0.29) is 57.4 Å². The summed E-state index contributed by atoms with van der Waals surface area (Å²) in [5.74, 6) is -1.85. The number of nitrogens with one attached hydrogen (secondary N) is 1. The van der Waals surface area contributed by atoms with Crippen LogP contribution in [-0.2, 0) is 27.2 Å². The second kappa shape index (κ2) is 10.6. The number of nitrogens with zero attached hydrogens (tertiary/aromatic N) is 4. The van der Waals surface area contributed by atoms with E-state index < -0.39 is 31.3 Å². The van der Waals surface area contributed by atoms with Crippen LogP contribution in [0.3, 0.4) is 0 Å². The topological polar surface area (TPSA) is 145 Å². The molecule has 14 heteroatoms. The number of rotatable bonds is 9. The van der Waals surface area contributed by atoms with Crippen molar-refractivity contribution in [2.45, 2.75) is 44.9 Å². The van der Waals surface area contributed by atoms with Crippen molar-refractivity contribution >= 4 is 53.0 Å². The second-order valence-electron chi connectivity index (χ2n) is 11.1. The standard InChI is InChI=1S/C27H30ClFN5O6P/c1-15(35)25-18-8-7-17(41(38,39)40)9-20(18)33(31-25)13-23(36)34-21(10-27(11-22(27)34)14-32(2)3)26(37)30-12-16-5-4-6-19(28)24(16)29/h4-9,21-22H,10-14H2,1-3H3,(H,30,37)(H2,38,39,40)/t21-,22?,27?/m0/s1. The van der Waals surface area contributed by atoms with Crippen molar-refractivity contribution in [3.05, 3.63) is 58.5 Å². The van der Waals surface area contributed by atoms with Crippen LogP contribution in [0.4, 0.5) is 4.39 Å². The first-order valence-corrected chi connectivity index (χ1v) is 14.9. The van der Waals surface area contributed by atoms with E-state index in [0.29, 0.717) is 24.8 Å². The third kappa shape index (κ3) is 5.54. The van der Waals surface area contributed by atoms with Gasteiger partial charge in [0.2, 0.25) is 11.8 Å². The van der Waals surface area contributed by atoms with Crippen LogP contribution in [0, 0.1) is 11.2 Å². The molecule has 2 aliphatic rings. The Labute approximate surface area is 240 Å². The third-order valence-electron chi connectivity index (χ3n) is 7.81. The summed E-state index contributed by atoms with van der Waals surface area (Å²) in [5, 5.41) is 7.07. The van der Waals surface area contributed by atoms with Crippen molar-refractivity contribution in [3.63, 3.8) is 0 Å². The maximum Gasteiger partial charge on any atom is 0.356 e. The molecular weight excluding hydrogens is 576 g/mol. The lowest BCUT2D eigenvalue weighted by Crippen LogP contribution is -2.48. The van der Waals surface area contributed by atoms with Crippen LogP contribution in [0.25, 0.3) is 10.9 Å². The number of fused-ring (bicyclic) bond motifs is 2. The molecule has 0 bridgehead atoms. The molecular formula is C27H30ClFN5O6P. The van der Waals surface area contributed by atoms with Crippen LogP contribution < -0.4 is 10.6 Å². The van der Waals surface area contributed by atoms with E-state index in [4.69, 9.17) is 11.6 Å². The van der Waals surface area contributed by atoms with Crippen LogP contribution in [-0.4, -0.2) is 79.7 Å². The molecule has 41 heavy (non-hydrogen) atoms. The Kier molecular flexibility index (Phi) is 7.59. The number of benzene rings is 2. The Balaban J connectivity index is 1.44. The molecule has 11 nitrogen and oxygen atoms in total. The highest BCUT2D eigenvalue weighted by molar-refractivity contribution is 7.60. The molecule has 2 amide bonds. The van der Waals surface area contributed by atoms with Crippen LogP contribution in [0.2, 0.25) is 5.02 Å². The van der Waals surface area contributed by atoms with Crippen molar-refractivity contribution in [3.8, 4) is 0 Å². The minimum Gasteiger partial charge on any atom is -0.350 e. The molecule has 218 valence electrons. The van der Waals surface area contributed by atoms with Gasteiger partial charge in [-0.3, -0.25) is 23.6 Å². The van der Waals surface area contributed by atoms with Crippen molar-refractivity contribution in [1.29, 1.82) is 0 Å². The van der Waals surface area contributed by atoms with Crippen molar-refractivity contribution in [2.24, 2.45) is 5.41 Å². The van der Waals surface area contributed by atoms with Gasteiger partial charge in [0.1, 0.15) is 24.1 Å². The number of ketones is 1. The largest absolute Gasteiger partial charge is 0.356 e. The van der Waals surface area contributed by atoms with Gasteiger partial charge in [-0.05, 0) is 51.2 Å². The molecule has 1 aliphatic carbocycles.